The fraction of sp³-hybridized carbons (Fsp3) is 0.238. The number of rotatable bonds is 7. The van der Waals surface area contributed by atoms with Gasteiger partial charge in [0.15, 0.2) is 0 Å². The van der Waals surface area contributed by atoms with Crippen LogP contribution in [0.2, 0.25) is 0 Å². The van der Waals surface area contributed by atoms with Crippen LogP contribution >= 0.6 is 11.8 Å². The van der Waals surface area contributed by atoms with Gasteiger partial charge in [-0.15, -0.1) is 11.8 Å². The molecule has 1 aromatic carbocycles. The summed E-state index contributed by atoms with van der Waals surface area (Å²) in [4.78, 5) is 40.7. The summed E-state index contributed by atoms with van der Waals surface area (Å²) in [6.07, 6.45) is 1.69. The number of aromatic nitrogens is 2. The number of esters is 1. The average Bonchev–Trinajstić information content (AvgIpc) is 2.72. The number of amides is 1. The van der Waals surface area contributed by atoms with Gasteiger partial charge in [0, 0.05) is 18.0 Å². The van der Waals surface area contributed by atoms with Gasteiger partial charge in [-0.3, -0.25) is 18.8 Å². The third-order valence-corrected chi connectivity index (χ3v) is 5.27. The maximum absolute atomic E-state index is 12.9. The van der Waals surface area contributed by atoms with Crippen molar-refractivity contribution in [3.05, 3.63) is 76.1 Å². The lowest BCUT2D eigenvalue weighted by molar-refractivity contribution is -0.144. The summed E-state index contributed by atoms with van der Waals surface area (Å²) in [6.45, 7) is 3.37. The van der Waals surface area contributed by atoms with E-state index in [1.54, 1.807) is 19.2 Å². The van der Waals surface area contributed by atoms with Gasteiger partial charge in [0.2, 0.25) is 5.91 Å². The minimum Gasteiger partial charge on any atom is -0.458 e. The molecule has 0 aliphatic heterocycles. The maximum Gasteiger partial charge on any atom is 0.319 e. The van der Waals surface area contributed by atoms with Gasteiger partial charge < -0.3 is 10.1 Å². The Bertz CT molecular complexity index is 1130. The van der Waals surface area contributed by atoms with Crippen molar-refractivity contribution >= 4 is 35.0 Å². The second kappa shape index (κ2) is 9.53. The van der Waals surface area contributed by atoms with Gasteiger partial charge in [-0.05, 0) is 49.7 Å². The summed E-state index contributed by atoms with van der Waals surface area (Å²) in [5.41, 5.74) is 1.97. The molecule has 0 radical (unpaired) electrons. The fourth-order valence-corrected chi connectivity index (χ4v) is 3.27. The number of carbonyl (C=O) groups is 2. The number of thioether (sulfide) groups is 1. The summed E-state index contributed by atoms with van der Waals surface area (Å²) in [7, 11) is 0. The van der Waals surface area contributed by atoms with Gasteiger partial charge in [-0.2, -0.15) is 0 Å². The highest BCUT2D eigenvalue weighted by Crippen LogP contribution is 2.15. The van der Waals surface area contributed by atoms with Gasteiger partial charge >= 0.3 is 5.97 Å². The van der Waals surface area contributed by atoms with Crippen molar-refractivity contribution in [3.8, 4) is 0 Å². The summed E-state index contributed by atoms with van der Waals surface area (Å²) in [5.74, 6) is -1.19. The number of nitrogens with one attached hydrogen (secondary N) is 1. The van der Waals surface area contributed by atoms with Crippen LogP contribution in [0.3, 0.4) is 0 Å². The molecular formula is C21H20FN3O4S. The monoisotopic (exact) mass is 429 g/mol. The number of hydrogen-bond donors (Lipinski definition) is 1. The van der Waals surface area contributed by atoms with Crippen molar-refractivity contribution in [1.82, 2.24) is 9.38 Å². The molecule has 3 aromatic rings. The van der Waals surface area contributed by atoms with Crippen LogP contribution in [-0.2, 0) is 20.9 Å². The van der Waals surface area contributed by atoms with Crippen LogP contribution in [0.25, 0.3) is 5.65 Å². The Balaban J connectivity index is 1.50. The minimum atomic E-state index is -0.590. The third-order valence-electron chi connectivity index (χ3n) is 4.15. The lowest BCUT2D eigenvalue weighted by atomic mass is 10.3. The quantitative estimate of drug-likeness (QED) is 0.581. The van der Waals surface area contributed by atoms with Gasteiger partial charge in [0.25, 0.3) is 5.56 Å². The number of pyridine rings is 1. The van der Waals surface area contributed by atoms with E-state index in [1.807, 2.05) is 13.0 Å². The van der Waals surface area contributed by atoms with Crippen molar-refractivity contribution in [2.24, 2.45) is 0 Å². The van der Waals surface area contributed by atoms with E-state index < -0.39 is 17.0 Å². The number of anilines is 1. The van der Waals surface area contributed by atoms with E-state index in [1.165, 1.54) is 34.7 Å². The summed E-state index contributed by atoms with van der Waals surface area (Å²) in [5, 5.41) is 2.03. The smallest absolute Gasteiger partial charge is 0.319 e. The standard InChI is InChI=1S/C21H20FN3O4S/c1-13-3-8-18-23-17(9-20(27)25(18)10-13)11-29-21(28)14(2)30-12-19(26)24-16-6-4-15(22)5-7-16/h3-10,14H,11-12H2,1-2H3,(H,24,26)/t14-/m0/s1. The second-order valence-corrected chi connectivity index (χ2v) is 7.97. The number of fused-ring (bicyclic) bond motifs is 1. The lowest BCUT2D eigenvalue weighted by Crippen LogP contribution is -2.22. The summed E-state index contributed by atoms with van der Waals surface area (Å²) >= 11 is 1.11. The topological polar surface area (TPSA) is 89.8 Å². The third kappa shape index (κ3) is 5.66. The number of benzene rings is 1. The van der Waals surface area contributed by atoms with E-state index in [-0.39, 0.29) is 23.8 Å². The zero-order valence-electron chi connectivity index (χ0n) is 16.4. The number of halogens is 1. The highest BCUT2D eigenvalue weighted by atomic mass is 32.2. The SMILES string of the molecule is Cc1ccc2nc(COC(=O)[C@H](C)SCC(=O)Nc3ccc(F)cc3)cc(=O)n2c1. The number of carbonyl (C=O) groups excluding carboxylic acids is 2. The van der Waals surface area contributed by atoms with Crippen molar-refractivity contribution in [2.45, 2.75) is 25.7 Å². The Kier molecular flexibility index (Phi) is 6.83. The van der Waals surface area contributed by atoms with E-state index in [4.69, 9.17) is 4.74 Å². The van der Waals surface area contributed by atoms with Crippen LogP contribution < -0.4 is 10.9 Å². The van der Waals surface area contributed by atoms with E-state index >= 15 is 0 Å². The lowest BCUT2D eigenvalue weighted by Gasteiger charge is -2.11. The van der Waals surface area contributed by atoms with Crippen molar-refractivity contribution in [1.29, 1.82) is 0 Å². The Morgan fingerprint density at radius 2 is 1.97 bits per heavy atom. The van der Waals surface area contributed by atoms with Crippen LogP contribution in [0, 0.1) is 12.7 Å². The first-order valence-electron chi connectivity index (χ1n) is 9.14. The molecule has 0 unspecified atom stereocenters. The molecular weight excluding hydrogens is 409 g/mol. The minimum absolute atomic E-state index is 0.0303. The van der Waals surface area contributed by atoms with Crippen LogP contribution in [0.4, 0.5) is 10.1 Å². The van der Waals surface area contributed by atoms with Crippen LogP contribution in [-0.4, -0.2) is 32.3 Å². The Hall–Kier alpha value is -3.20. The first kappa shape index (κ1) is 21.5. The molecule has 2 aromatic heterocycles. The molecule has 156 valence electrons. The predicted octanol–water partition coefficient (Wildman–Crippen LogP) is 2.95. The zero-order chi connectivity index (χ0) is 21.7. The van der Waals surface area contributed by atoms with Crippen LogP contribution in [0.5, 0.6) is 0 Å². The Labute approximate surface area is 176 Å². The van der Waals surface area contributed by atoms with Gasteiger partial charge in [-0.25, -0.2) is 9.37 Å². The molecule has 0 aliphatic rings. The van der Waals surface area contributed by atoms with E-state index in [9.17, 15) is 18.8 Å². The number of hydrogen-bond acceptors (Lipinski definition) is 6. The van der Waals surface area contributed by atoms with Gasteiger partial charge in [0.1, 0.15) is 23.3 Å². The molecule has 0 aliphatic carbocycles. The fourth-order valence-electron chi connectivity index (χ4n) is 2.59. The van der Waals surface area contributed by atoms with E-state index in [2.05, 4.69) is 10.3 Å². The number of ether oxygens (including phenoxy) is 1. The molecule has 0 bridgehead atoms. The molecule has 1 amide bonds. The normalized spacial score (nSPS) is 11.8. The van der Waals surface area contributed by atoms with Crippen LogP contribution in [0.15, 0.2) is 53.5 Å². The molecule has 7 nitrogen and oxygen atoms in total. The Morgan fingerprint density at radius 1 is 1.23 bits per heavy atom. The van der Waals surface area contributed by atoms with E-state index in [0.29, 0.717) is 17.0 Å². The molecule has 2 heterocycles. The molecule has 30 heavy (non-hydrogen) atoms. The molecule has 0 spiro atoms. The summed E-state index contributed by atoms with van der Waals surface area (Å²) in [6, 6.07) is 10.3. The highest BCUT2D eigenvalue weighted by Gasteiger charge is 2.17. The zero-order valence-corrected chi connectivity index (χ0v) is 17.2. The maximum atomic E-state index is 12.9. The molecule has 1 N–H and O–H groups in total. The van der Waals surface area contributed by atoms with Crippen molar-refractivity contribution in [2.75, 3.05) is 11.1 Å². The first-order chi connectivity index (χ1) is 14.3. The molecule has 0 fully saturated rings. The molecule has 0 saturated heterocycles. The largest absolute Gasteiger partial charge is 0.458 e. The van der Waals surface area contributed by atoms with E-state index in [0.717, 1.165) is 17.3 Å². The second-order valence-electron chi connectivity index (χ2n) is 6.64. The molecule has 9 heteroatoms. The van der Waals surface area contributed by atoms with Crippen LogP contribution in [0.1, 0.15) is 18.2 Å². The molecule has 3 rings (SSSR count). The highest BCUT2D eigenvalue weighted by molar-refractivity contribution is 8.01. The van der Waals surface area contributed by atoms with Gasteiger partial charge in [0.05, 0.1) is 11.4 Å². The number of aryl methyl sites for hydroxylation is 1. The molecule has 0 saturated carbocycles. The first-order valence-corrected chi connectivity index (χ1v) is 10.2. The van der Waals surface area contributed by atoms with Gasteiger partial charge in [-0.1, -0.05) is 6.07 Å². The van der Waals surface area contributed by atoms with Crippen molar-refractivity contribution in [3.63, 3.8) is 0 Å². The Morgan fingerprint density at radius 3 is 2.70 bits per heavy atom. The predicted molar refractivity (Wildman–Crippen MR) is 113 cm³/mol. The molecule has 1 atom stereocenters. The number of nitrogens with zero attached hydrogens (tertiary/aromatic N) is 2. The average molecular weight is 429 g/mol. The van der Waals surface area contributed by atoms with Crippen molar-refractivity contribution < 1.29 is 18.7 Å². The summed E-state index contributed by atoms with van der Waals surface area (Å²) < 4.78 is 19.6.